The number of sulfone groups is 1. The molecule has 0 saturated carbocycles. The summed E-state index contributed by atoms with van der Waals surface area (Å²) >= 11 is 0. The van der Waals surface area contributed by atoms with E-state index in [4.69, 9.17) is 14.6 Å². The highest BCUT2D eigenvalue weighted by Crippen LogP contribution is 2.28. The zero-order chi connectivity index (χ0) is 33.2. The molecular formula is C32H40N4O8S2. The highest BCUT2D eigenvalue weighted by atomic mass is 32.2. The monoisotopic (exact) mass is 672 g/mol. The number of hydrogen-bond acceptors (Lipinski definition) is 8. The Morgan fingerprint density at radius 3 is 2.07 bits per heavy atom. The zero-order valence-electron chi connectivity index (χ0n) is 25.7. The molecule has 0 aromatic heterocycles. The second-order valence-electron chi connectivity index (χ2n) is 11.0. The first kappa shape index (κ1) is 34.9. The number of aryl methyl sites for hydroxylation is 1. The highest BCUT2D eigenvalue weighted by molar-refractivity contribution is 7.90. The van der Waals surface area contributed by atoms with E-state index in [0.717, 1.165) is 10.5 Å². The molecule has 3 amide bonds. The first-order valence-corrected chi connectivity index (χ1v) is 18.3. The van der Waals surface area contributed by atoms with Gasteiger partial charge in [-0.25, -0.2) is 26.8 Å². The third-order valence-corrected chi connectivity index (χ3v) is 10.3. The van der Waals surface area contributed by atoms with Gasteiger partial charge in [0.05, 0.1) is 31.8 Å². The van der Waals surface area contributed by atoms with Gasteiger partial charge in [0, 0.05) is 19.6 Å². The highest BCUT2D eigenvalue weighted by Gasteiger charge is 2.39. The number of morpholine rings is 1. The van der Waals surface area contributed by atoms with Crippen molar-refractivity contribution in [2.24, 2.45) is 5.14 Å². The predicted octanol–water partition coefficient (Wildman–Crippen LogP) is 2.47. The summed E-state index contributed by atoms with van der Waals surface area (Å²) in [7, 11) is -7.00. The van der Waals surface area contributed by atoms with Crippen molar-refractivity contribution in [2.75, 3.05) is 45.7 Å². The molecule has 46 heavy (non-hydrogen) atoms. The minimum Gasteiger partial charge on any atom is -0.497 e. The Morgan fingerprint density at radius 1 is 0.913 bits per heavy atom. The van der Waals surface area contributed by atoms with E-state index in [1.165, 1.54) is 24.1 Å². The van der Waals surface area contributed by atoms with E-state index in [-0.39, 0.29) is 44.2 Å². The maximum atomic E-state index is 14.5. The van der Waals surface area contributed by atoms with E-state index >= 15 is 0 Å². The number of sulfonamides is 1. The van der Waals surface area contributed by atoms with Crippen LogP contribution in [0.1, 0.15) is 28.5 Å². The third kappa shape index (κ3) is 10.0. The van der Waals surface area contributed by atoms with Crippen molar-refractivity contribution in [3.05, 3.63) is 102 Å². The van der Waals surface area contributed by atoms with E-state index in [1.54, 1.807) is 42.5 Å². The van der Waals surface area contributed by atoms with Crippen molar-refractivity contribution in [1.82, 2.24) is 15.1 Å². The van der Waals surface area contributed by atoms with Crippen LogP contribution in [-0.4, -0.2) is 90.3 Å². The van der Waals surface area contributed by atoms with Crippen molar-refractivity contribution < 1.29 is 35.9 Å². The summed E-state index contributed by atoms with van der Waals surface area (Å²) in [5, 5.41) is 6.70. The summed E-state index contributed by atoms with van der Waals surface area (Å²) < 4.78 is 63.9. The molecule has 0 radical (unpaired) electrons. The molecule has 4 rings (SSSR count). The quantitative estimate of drug-likeness (QED) is 0.264. The third-order valence-electron chi connectivity index (χ3n) is 7.53. The maximum absolute atomic E-state index is 14.5. The summed E-state index contributed by atoms with van der Waals surface area (Å²) in [6.45, 7) is 0.971. The molecule has 1 unspecified atom stereocenters. The van der Waals surface area contributed by atoms with Crippen molar-refractivity contribution in [2.45, 2.75) is 30.0 Å². The van der Waals surface area contributed by atoms with E-state index < -0.39 is 49.0 Å². The molecule has 0 aliphatic carbocycles. The smallest absolute Gasteiger partial charge is 0.318 e. The van der Waals surface area contributed by atoms with Gasteiger partial charge in [0.15, 0.2) is 15.2 Å². The Labute approximate surface area is 270 Å². The zero-order valence-corrected chi connectivity index (χ0v) is 27.3. The Bertz CT molecular complexity index is 1650. The van der Waals surface area contributed by atoms with Crippen LogP contribution in [0.4, 0.5) is 4.79 Å². The van der Waals surface area contributed by atoms with Gasteiger partial charge in [-0.15, -0.1) is 0 Å². The van der Waals surface area contributed by atoms with Gasteiger partial charge in [-0.05, 0) is 41.7 Å². The lowest BCUT2D eigenvalue weighted by Crippen LogP contribution is -2.57. The SMILES string of the molecule is COc1ccc(C(N(CCCc2ccccc2)C(=O)[C@@H](CS(=O)(=O)Cc2ccccc2)NC(=O)N2CCOCC2)S(N)(=O)=O)cc1. The topological polar surface area (TPSA) is 165 Å². The maximum Gasteiger partial charge on any atom is 0.318 e. The largest absolute Gasteiger partial charge is 0.497 e. The van der Waals surface area contributed by atoms with Crippen LogP contribution in [0.3, 0.4) is 0 Å². The van der Waals surface area contributed by atoms with Crippen LogP contribution in [-0.2, 0) is 41.6 Å². The summed E-state index contributed by atoms with van der Waals surface area (Å²) in [4.78, 5) is 30.3. The molecule has 1 aliphatic rings. The Kier molecular flexibility index (Phi) is 12.2. The molecule has 14 heteroatoms. The summed E-state index contributed by atoms with van der Waals surface area (Å²) in [5.74, 6) is -1.56. The van der Waals surface area contributed by atoms with Crippen LogP contribution in [0, 0.1) is 0 Å². The van der Waals surface area contributed by atoms with Crippen LogP contribution in [0.15, 0.2) is 84.9 Å². The van der Waals surface area contributed by atoms with Gasteiger partial charge in [-0.3, -0.25) is 4.79 Å². The summed E-state index contributed by atoms with van der Waals surface area (Å²) in [6, 6.07) is 21.7. The van der Waals surface area contributed by atoms with Gasteiger partial charge < -0.3 is 24.6 Å². The number of nitrogens with two attached hydrogens (primary N) is 1. The van der Waals surface area contributed by atoms with Gasteiger partial charge in [-0.2, -0.15) is 0 Å². The average Bonchev–Trinajstić information content (AvgIpc) is 3.04. The van der Waals surface area contributed by atoms with Crippen molar-refractivity contribution in [3.8, 4) is 5.75 Å². The number of benzene rings is 3. The van der Waals surface area contributed by atoms with Crippen LogP contribution >= 0.6 is 0 Å². The first-order chi connectivity index (χ1) is 22.0. The minimum absolute atomic E-state index is 0.0937. The summed E-state index contributed by atoms with van der Waals surface area (Å²) in [6.07, 6.45) is 0.834. The van der Waals surface area contributed by atoms with Gasteiger partial charge in [-0.1, -0.05) is 72.8 Å². The number of nitrogens with one attached hydrogen (secondary N) is 1. The van der Waals surface area contributed by atoms with Gasteiger partial charge >= 0.3 is 6.03 Å². The lowest BCUT2D eigenvalue weighted by Gasteiger charge is -2.35. The van der Waals surface area contributed by atoms with E-state index in [9.17, 15) is 26.4 Å². The number of primary sulfonamides is 1. The van der Waals surface area contributed by atoms with Gasteiger partial charge in [0.1, 0.15) is 11.8 Å². The molecule has 3 aromatic carbocycles. The number of urea groups is 1. The van der Waals surface area contributed by atoms with E-state index in [2.05, 4.69) is 5.32 Å². The van der Waals surface area contributed by atoms with Crippen LogP contribution < -0.4 is 15.2 Å². The fraction of sp³-hybridized carbons (Fsp3) is 0.375. The Hall–Kier alpha value is -3.98. The number of ether oxygens (including phenoxy) is 2. The Morgan fingerprint density at radius 2 is 1.50 bits per heavy atom. The number of rotatable bonds is 14. The van der Waals surface area contributed by atoms with Crippen LogP contribution in [0.5, 0.6) is 5.75 Å². The molecule has 0 bridgehead atoms. The molecule has 1 aliphatic heterocycles. The van der Waals surface area contributed by atoms with Crippen LogP contribution in [0.2, 0.25) is 0 Å². The molecule has 1 saturated heterocycles. The van der Waals surface area contributed by atoms with Crippen LogP contribution in [0.25, 0.3) is 0 Å². The molecule has 2 atom stereocenters. The fourth-order valence-corrected chi connectivity index (χ4v) is 7.93. The predicted molar refractivity (Wildman–Crippen MR) is 174 cm³/mol. The molecule has 1 heterocycles. The lowest BCUT2D eigenvalue weighted by atomic mass is 10.1. The van der Waals surface area contributed by atoms with Gasteiger partial charge in [0.2, 0.25) is 15.9 Å². The number of hydrogen-bond donors (Lipinski definition) is 2. The standard InChI is InChI=1S/C32H40N4O8S2/c1-43-28-16-14-27(15-17-28)31(46(33,41)42)36(18-8-13-25-9-4-2-5-10-25)30(37)29(34-32(38)35-19-21-44-22-20-35)24-45(39,40)23-26-11-6-3-7-12-26/h2-7,9-12,14-17,29,31H,8,13,18-24H2,1H3,(H,34,38)(H2,33,41,42)/t29-,31?/m1/s1. The lowest BCUT2D eigenvalue weighted by molar-refractivity contribution is -0.133. The van der Waals surface area contributed by atoms with Crippen molar-refractivity contribution in [1.29, 1.82) is 0 Å². The average molecular weight is 673 g/mol. The molecule has 3 N–H and O–H groups in total. The molecule has 0 spiro atoms. The number of carbonyl (C=O) groups is 2. The molecule has 3 aromatic rings. The fourth-order valence-electron chi connectivity index (χ4n) is 5.28. The first-order valence-electron chi connectivity index (χ1n) is 14.8. The number of nitrogens with zero attached hydrogens (tertiary/aromatic N) is 2. The van der Waals surface area contributed by atoms with E-state index in [1.807, 2.05) is 30.3 Å². The number of amides is 3. The van der Waals surface area contributed by atoms with Crippen molar-refractivity contribution in [3.63, 3.8) is 0 Å². The van der Waals surface area contributed by atoms with E-state index in [0.29, 0.717) is 24.2 Å². The molecule has 248 valence electrons. The summed E-state index contributed by atoms with van der Waals surface area (Å²) in [5.41, 5.74) is 1.66. The Balaban J connectivity index is 1.71. The molecule has 1 fully saturated rings. The van der Waals surface area contributed by atoms with Crippen molar-refractivity contribution >= 4 is 31.8 Å². The number of carbonyl (C=O) groups excluding carboxylic acids is 2. The second kappa shape index (κ2) is 16.0. The second-order valence-corrected chi connectivity index (χ2v) is 14.7. The normalized spacial score (nSPS) is 15.0. The minimum atomic E-state index is -4.48. The molecular weight excluding hydrogens is 633 g/mol. The molecule has 12 nitrogen and oxygen atoms in total. The number of methoxy groups -OCH3 is 1. The van der Waals surface area contributed by atoms with Gasteiger partial charge in [0.25, 0.3) is 0 Å².